The van der Waals surface area contributed by atoms with Gasteiger partial charge < -0.3 is 4.74 Å². The molecule has 1 atom stereocenters. The highest BCUT2D eigenvalue weighted by Gasteiger charge is 2.33. The number of hydrogen-bond acceptors (Lipinski definition) is 2. The first kappa shape index (κ1) is 12.0. The second-order valence-corrected chi connectivity index (χ2v) is 4.85. The Morgan fingerprint density at radius 3 is 2.71 bits per heavy atom. The van der Waals surface area contributed by atoms with Crippen molar-refractivity contribution in [3.63, 3.8) is 0 Å². The van der Waals surface area contributed by atoms with Gasteiger partial charge in [-0.3, -0.25) is 4.90 Å². The van der Waals surface area contributed by atoms with Gasteiger partial charge in [0.15, 0.2) is 0 Å². The fourth-order valence-electron chi connectivity index (χ4n) is 2.28. The predicted molar refractivity (Wildman–Crippen MR) is 68.3 cm³/mol. The zero-order valence-electron chi connectivity index (χ0n) is 10.9. The second kappa shape index (κ2) is 4.40. The van der Waals surface area contributed by atoms with E-state index in [1.54, 1.807) is 4.90 Å². The fraction of sp³-hybridized carbons (Fsp3) is 0.500. The summed E-state index contributed by atoms with van der Waals surface area (Å²) in [7, 11) is 0. The van der Waals surface area contributed by atoms with Crippen molar-refractivity contribution >= 4 is 11.8 Å². The predicted octanol–water partition coefficient (Wildman–Crippen LogP) is 3.67. The van der Waals surface area contributed by atoms with Gasteiger partial charge in [0, 0.05) is 12.1 Å². The minimum atomic E-state index is -0.234. The Bertz CT molecular complexity index is 440. The third kappa shape index (κ3) is 2.02. The van der Waals surface area contributed by atoms with Crippen LogP contribution in [0.2, 0.25) is 0 Å². The largest absolute Gasteiger partial charge is 0.441 e. The minimum absolute atomic E-state index is 0.125. The Morgan fingerprint density at radius 1 is 1.41 bits per heavy atom. The van der Waals surface area contributed by atoms with Crippen molar-refractivity contribution < 1.29 is 9.53 Å². The lowest BCUT2D eigenvalue weighted by molar-refractivity contribution is 0.0704. The maximum atomic E-state index is 11.9. The monoisotopic (exact) mass is 233 g/mol. The van der Waals surface area contributed by atoms with Crippen molar-refractivity contribution in [2.24, 2.45) is 5.92 Å². The number of benzene rings is 1. The van der Waals surface area contributed by atoms with Gasteiger partial charge in [0.1, 0.15) is 6.10 Å². The smallest absolute Gasteiger partial charge is 0.414 e. The lowest BCUT2D eigenvalue weighted by Gasteiger charge is -2.35. The van der Waals surface area contributed by atoms with Gasteiger partial charge in [-0.1, -0.05) is 31.5 Å². The van der Waals surface area contributed by atoms with Crippen LogP contribution in [0.15, 0.2) is 18.2 Å². The first-order valence-electron chi connectivity index (χ1n) is 6.13. The summed E-state index contributed by atoms with van der Waals surface area (Å²) in [5.41, 5.74) is 3.32. The van der Waals surface area contributed by atoms with Crippen molar-refractivity contribution in [2.75, 3.05) is 11.4 Å². The molecule has 1 amide bonds. The molecule has 2 rings (SSSR count). The van der Waals surface area contributed by atoms with Crippen LogP contribution in [0.5, 0.6) is 0 Å². The molecule has 1 aliphatic rings. The van der Waals surface area contributed by atoms with E-state index in [1.807, 2.05) is 19.1 Å². The number of aryl methyl sites for hydroxylation is 1. The number of fused-ring (bicyclic) bond motifs is 1. The molecule has 1 heterocycles. The van der Waals surface area contributed by atoms with Crippen molar-refractivity contribution in [3.8, 4) is 0 Å². The van der Waals surface area contributed by atoms with Crippen molar-refractivity contribution in [1.29, 1.82) is 0 Å². The molecule has 0 spiro atoms. The van der Waals surface area contributed by atoms with Crippen molar-refractivity contribution in [1.82, 2.24) is 0 Å². The van der Waals surface area contributed by atoms with Gasteiger partial charge in [-0.05, 0) is 25.8 Å². The molecule has 1 unspecified atom stereocenters. The van der Waals surface area contributed by atoms with Crippen LogP contribution in [0.1, 0.15) is 38.0 Å². The summed E-state index contributed by atoms with van der Waals surface area (Å²) in [6.45, 7) is 8.81. The summed E-state index contributed by atoms with van der Waals surface area (Å²) in [4.78, 5) is 13.6. The average Bonchev–Trinajstić information content (AvgIpc) is 2.28. The SMILES string of the molecule is CCN1C(=O)OC(C(C)C)c2cc(C)ccc21. The molecular weight excluding hydrogens is 214 g/mol. The Kier molecular flexibility index (Phi) is 3.09. The Hall–Kier alpha value is -1.51. The van der Waals surface area contributed by atoms with Gasteiger partial charge in [-0.15, -0.1) is 0 Å². The maximum Gasteiger partial charge on any atom is 0.414 e. The van der Waals surface area contributed by atoms with Crippen LogP contribution in [-0.2, 0) is 4.74 Å². The van der Waals surface area contributed by atoms with Crippen molar-refractivity contribution in [2.45, 2.75) is 33.8 Å². The standard InChI is InChI=1S/C14H19NO2/c1-5-15-12-7-6-10(4)8-11(12)13(9(2)3)17-14(15)16/h6-9,13H,5H2,1-4H3. The van der Waals surface area contributed by atoms with Crippen LogP contribution in [0.25, 0.3) is 0 Å². The number of ether oxygens (including phenoxy) is 1. The molecular formula is C14H19NO2. The molecule has 3 nitrogen and oxygen atoms in total. The number of hydrogen-bond donors (Lipinski definition) is 0. The highest BCUT2D eigenvalue weighted by atomic mass is 16.6. The van der Waals surface area contributed by atoms with Crippen LogP contribution in [0.3, 0.4) is 0 Å². The summed E-state index contributed by atoms with van der Waals surface area (Å²) in [6, 6.07) is 6.18. The zero-order chi connectivity index (χ0) is 12.6. The Morgan fingerprint density at radius 2 is 2.12 bits per heavy atom. The van der Waals surface area contributed by atoms with Gasteiger partial charge in [0.25, 0.3) is 0 Å². The molecule has 0 aliphatic carbocycles. The lowest BCUT2D eigenvalue weighted by Crippen LogP contribution is -2.38. The molecule has 1 aliphatic heterocycles. The van der Waals surface area contributed by atoms with Crippen LogP contribution in [0.4, 0.5) is 10.5 Å². The summed E-state index contributed by atoms with van der Waals surface area (Å²) < 4.78 is 5.52. The molecule has 0 radical (unpaired) electrons. The van der Waals surface area contributed by atoms with E-state index in [2.05, 4.69) is 26.8 Å². The highest BCUT2D eigenvalue weighted by Crippen LogP contribution is 2.38. The second-order valence-electron chi connectivity index (χ2n) is 4.85. The molecule has 0 bridgehead atoms. The molecule has 0 saturated heterocycles. The number of carbonyl (C=O) groups excluding carboxylic acids is 1. The number of nitrogens with zero attached hydrogens (tertiary/aromatic N) is 1. The number of rotatable bonds is 2. The van der Waals surface area contributed by atoms with Crippen LogP contribution < -0.4 is 4.90 Å². The van der Waals surface area contributed by atoms with Crippen LogP contribution in [-0.4, -0.2) is 12.6 Å². The molecule has 92 valence electrons. The summed E-state index contributed by atoms with van der Waals surface area (Å²) in [5.74, 6) is 0.290. The van der Waals surface area contributed by atoms with E-state index in [1.165, 1.54) is 5.56 Å². The number of carbonyl (C=O) groups is 1. The number of cyclic esters (lactones) is 1. The molecule has 0 fully saturated rings. The summed E-state index contributed by atoms with van der Waals surface area (Å²) >= 11 is 0. The number of anilines is 1. The van der Waals surface area contributed by atoms with Crippen molar-refractivity contribution in [3.05, 3.63) is 29.3 Å². The van der Waals surface area contributed by atoms with E-state index in [9.17, 15) is 4.79 Å². The first-order valence-corrected chi connectivity index (χ1v) is 6.13. The summed E-state index contributed by atoms with van der Waals surface area (Å²) in [6.07, 6.45) is -0.359. The van der Waals surface area contributed by atoms with E-state index < -0.39 is 0 Å². The molecule has 0 saturated carbocycles. The van der Waals surface area contributed by atoms with E-state index in [-0.39, 0.29) is 12.2 Å². The molecule has 0 N–H and O–H groups in total. The summed E-state index contributed by atoms with van der Waals surface area (Å²) in [5, 5.41) is 0. The molecule has 1 aromatic rings. The minimum Gasteiger partial charge on any atom is -0.441 e. The Balaban J connectivity index is 2.53. The first-order chi connectivity index (χ1) is 8.04. The molecule has 3 heteroatoms. The van der Waals surface area contributed by atoms with E-state index >= 15 is 0 Å². The van der Waals surface area contributed by atoms with Gasteiger partial charge >= 0.3 is 6.09 Å². The van der Waals surface area contributed by atoms with Gasteiger partial charge in [-0.25, -0.2) is 4.79 Å². The van der Waals surface area contributed by atoms with Gasteiger partial charge in [-0.2, -0.15) is 0 Å². The maximum absolute atomic E-state index is 11.9. The molecule has 0 aromatic heterocycles. The Labute approximate surface area is 102 Å². The van der Waals surface area contributed by atoms with Crippen LogP contribution in [0, 0.1) is 12.8 Å². The van der Waals surface area contributed by atoms with Gasteiger partial charge in [0.05, 0.1) is 5.69 Å². The van der Waals surface area contributed by atoms with Gasteiger partial charge in [0.2, 0.25) is 0 Å². The quantitative estimate of drug-likeness (QED) is 0.780. The highest BCUT2D eigenvalue weighted by molar-refractivity contribution is 5.91. The van der Waals surface area contributed by atoms with Crippen LogP contribution >= 0.6 is 0 Å². The van der Waals surface area contributed by atoms with E-state index in [0.29, 0.717) is 12.5 Å². The lowest BCUT2D eigenvalue weighted by atomic mass is 9.94. The average molecular weight is 233 g/mol. The van der Waals surface area contributed by atoms with E-state index in [0.717, 1.165) is 11.3 Å². The third-order valence-corrected chi connectivity index (χ3v) is 3.15. The zero-order valence-corrected chi connectivity index (χ0v) is 10.9. The molecule has 1 aromatic carbocycles. The normalized spacial score (nSPS) is 19.2. The number of amides is 1. The topological polar surface area (TPSA) is 29.5 Å². The van der Waals surface area contributed by atoms with E-state index in [4.69, 9.17) is 4.74 Å². The fourth-order valence-corrected chi connectivity index (χ4v) is 2.28. The molecule has 17 heavy (non-hydrogen) atoms. The third-order valence-electron chi connectivity index (χ3n) is 3.15.